The van der Waals surface area contributed by atoms with Crippen molar-refractivity contribution in [2.75, 3.05) is 19.6 Å². The molecule has 1 aliphatic heterocycles. The first kappa shape index (κ1) is 17.8. The molecule has 1 aliphatic rings. The minimum absolute atomic E-state index is 0.166. The van der Waals surface area contributed by atoms with Crippen LogP contribution < -0.4 is 10.6 Å². The number of hydrogen-bond donors (Lipinski definition) is 2. The fourth-order valence-corrected chi connectivity index (χ4v) is 2.68. The van der Waals surface area contributed by atoms with E-state index < -0.39 is 6.04 Å². The topological polar surface area (TPSA) is 113 Å². The van der Waals surface area contributed by atoms with Crippen LogP contribution in [0, 0.1) is 5.92 Å². The normalized spacial score (nSPS) is 17.3. The maximum absolute atomic E-state index is 12.4. The molecule has 26 heavy (non-hydrogen) atoms. The van der Waals surface area contributed by atoms with E-state index in [4.69, 9.17) is 4.52 Å². The predicted molar refractivity (Wildman–Crippen MR) is 93.0 cm³/mol. The Morgan fingerprint density at radius 2 is 2.19 bits per heavy atom. The molecule has 138 valence electrons. The summed E-state index contributed by atoms with van der Waals surface area (Å²) in [6.07, 6.45) is 3.44. The summed E-state index contributed by atoms with van der Waals surface area (Å²) in [5.74, 6) is 0.837. The van der Waals surface area contributed by atoms with E-state index in [1.165, 1.54) is 4.90 Å². The predicted octanol–water partition coefficient (Wildman–Crippen LogP) is 0.840. The minimum Gasteiger partial charge on any atom is -0.353 e. The SMILES string of the molecule is CC(C)CNC(=O)N1CCNC(=O)C1Cc1nc(-c2ccncc2)no1. The summed E-state index contributed by atoms with van der Waals surface area (Å²) in [5, 5.41) is 9.58. The van der Waals surface area contributed by atoms with Crippen molar-refractivity contribution in [2.24, 2.45) is 5.92 Å². The van der Waals surface area contributed by atoms with E-state index in [9.17, 15) is 9.59 Å². The molecule has 0 bridgehead atoms. The summed E-state index contributed by atoms with van der Waals surface area (Å²) in [5.41, 5.74) is 0.773. The number of hydrogen-bond acceptors (Lipinski definition) is 6. The highest BCUT2D eigenvalue weighted by molar-refractivity contribution is 5.88. The van der Waals surface area contributed by atoms with E-state index in [1.54, 1.807) is 24.5 Å². The number of carbonyl (C=O) groups excluding carboxylic acids is 2. The summed E-state index contributed by atoms with van der Waals surface area (Å²) in [7, 11) is 0. The lowest BCUT2D eigenvalue weighted by atomic mass is 10.1. The second kappa shape index (κ2) is 7.94. The number of amides is 3. The first-order valence-electron chi connectivity index (χ1n) is 8.59. The van der Waals surface area contributed by atoms with Gasteiger partial charge in [0, 0.05) is 37.6 Å². The van der Waals surface area contributed by atoms with Gasteiger partial charge in [0.25, 0.3) is 0 Å². The number of nitrogens with zero attached hydrogens (tertiary/aromatic N) is 4. The van der Waals surface area contributed by atoms with Crippen molar-refractivity contribution >= 4 is 11.9 Å². The summed E-state index contributed by atoms with van der Waals surface area (Å²) < 4.78 is 5.28. The Labute approximate surface area is 151 Å². The Morgan fingerprint density at radius 1 is 1.42 bits per heavy atom. The van der Waals surface area contributed by atoms with Gasteiger partial charge in [0.05, 0.1) is 6.42 Å². The maximum atomic E-state index is 12.4. The Kier molecular flexibility index (Phi) is 5.45. The number of pyridine rings is 1. The fraction of sp³-hybridized carbons (Fsp3) is 0.471. The van der Waals surface area contributed by atoms with E-state index in [1.807, 2.05) is 13.8 Å². The van der Waals surface area contributed by atoms with E-state index in [0.717, 1.165) is 5.56 Å². The Hall–Kier alpha value is -2.97. The van der Waals surface area contributed by atoms with E-state index >= 15 is 0 Å². The van der Waals surface area contributed by atoms with Gasteiger partial charge in [0.1, 0.15) is 6.04 Å². The van der Waals surface area contributed by atoms with Crippen molar-refractivity contribution in [3.8, 4) is 11.4 Å². The molecule has 0 aliphatic carbocycles. The van der Waals surface area contributed by atoms with Crippen LogP contribution in [0.1, 0.15) is 19.7 Å². The van der Waals surface area contributed by atoms with Gasteiger partial charge in [0.2, 0.25) is 17.6 Å². The first-order valence-corrected chi connectivity index (χ1v) is 8.59. The third kappa shape index (κ3) is 4.16. The van der Waals surface area contributed by atoms with Gasteiger partial charge in [-0.2, -0.15) is 4.98 Å². The van der Waals surface area contributed by atoms with Crippen molar-refractivity contribution in [2.45, 2.75) is 26.3 Å². The van der Waals surface area contributed by atoms with Crippen LogP contribution in [0.5, 0.6) is 0 Å². The van der Waals surface area contributed by atoms with Crippen molar-refractivity contribution < 1.29 is 14.1 Å². The van der Waals surface area contributed by atoms with Crippen LogP contribution in [-0.2, 0) is 11.2 Å². The average Bonchev–Trinajstić information content (AvgIpc) is 3.11. The molecule has 2 N–H and O–H groups in total. The van der Waals surface area contributed by atoms with E-state index in [-0.39, 0.29) is 18.4 Å². The lowest BCUT2D eigenvalue weighted by Crippen LogP contribution is -2.60. The molecule has 9 nitrogen and oxygen atoms in total. The third-order valence-electron chi connectivity index (χ3n) is 4.03. The van der Waals surface area contributed by atoms with Gasteiger partial charge in [-0.1, -0.05) is 19.0 Å². The van der Waals surface area contributed by atoms with Crippen LogP contribution >= 0.6 is 0 Å². The van der Waals surface area contributed by atoms with Crippen LogP contribution in [0.3, 0.4) is 0 Å². The quantitative estimate of drug-likeness (QED) is 0.819. The number of aromatic nitrogens is 3. The average molecular weight is 358 g/mol. The van der Waals surface area contributed by atoms with Gasteiger partial charge in [-0.25, -0.2) is 4.79 Å². The minimum atomic E-state index is -0.679. The molecule has 0 spiro atoms. The molecular weight excluding hydrogens is 336 g/mol. The molecule has 3 heterocycles. The first-order chi connectivity index (χ1) is 12.5. The lowest BCUT2D eigenvalue weighted by molar-refractivity contribution is -0.127. The highest BCUT2D eigenvalue weighted by atomic mass is 16.5. The molecule has 1 fully saturated rings. The van der Waals surface area contributed by atoms with Crippen molar-refractivity contribution in [3.63, 3.8) is 0 Å². The smallest absolute Gasteiger partial charge is 0.318 e. The summed E-state index contributed by atoms with van der Waals surface area (Å²) >= 11 is 0. The second-order valence-electron chi connectivity index (χ2n) is 6.53. The molecule has 3 amide bonds. The Morgan fingerprint density at radius 3 is 2.92 bits per heavy atom. The van der Waals surface area contributed by atoms with Crippen LogP contribution in [0.15, 0.2) is 29.0 Å². The number of urea groups is 1. The molecule has 0 radical (unpaired) electrons. The highest BCUT2D eigenvalue weighted by Crippen LogP contribution is 2.17. The molecule has 1 unspecified atom stereocenters. The Bertz CT molecular complexity index is 761. The monoisotopic (exact) mass is 358 g/mol. The van der Waals surface area contributed by atoms with Crippen LogP contribution in [0.25, 0.3) is 11.4 Å². The van der Waals surface area contributed by atoms with Crippen molar-refractivity contribution in [1.82, 2.24) is 30.7 Å². The van der Waals surface area contributed by atoms with Gasteiger partial charge >= 0.3 is 6.03 Å². The van der Waals surface area contributed by atoms with E-state index in [2.05, 4.69) is 25.8 Å². The fourth-order valence-electron chi connectivity index (χ4n) is 2.68. The Balaban J connectivity index is 1.72. The number of piperazine rings is 1. The molecule has 3 rings (SSSR count). The van der Waals surface area contributed by atoms with Crippen LogP contribution in [0.4, 0.5) is 4.79 Å². The molecule has 2 aromatic heterocycles. The second-order valence-corrected chi connectivity index (χ2v) is 6.53. The van der Waals surface area contributed by atoms with Crippen LogP contribution in [0.2, 0.25) is 0 Å². The number of nitrogens with one attached hydrogen (secondary N) is 2. The largest absolute Gasteiger partial charge is 0.353 e. The zero-order valence-corrected chi connectivity index (χ0v) is 14.8. The van der Waals surface area contributed by atoms with Crippen LogP contribution in [-0.4, -0.2) is 57.6 Å². The number of rotatable bonds is 5. The van der Waals surface area contributed by atoms with Gasteiger partial charge in [0.15, 0.2) is 0 Å². The van der Waals surface area contributed by atoms with Gasteiger partial charge in [-0.15, -0.1) is 0 Å². The zero-order valence-electron chi connectivity index (χ0n) is 14.8. The van der Waals surface area contributed by atoms with Crippen molar-refractivity contribution in [3.05, 3.63) is 30.4 Å². The molecular formula is C17H22N6O3. The third-order valence-corrected chi connectivity index (χ3v) is 4.03. The number of carbonyl (C=O) groups is 2. The molecule has 1 saturated heterocycles. The zero-order chi connectivity index (χ0) is 18.5. The summed E-state index contributed by atoms with van der Waals surface area (Å²) in [6.45, 7) is 5.44. The highest BCUT2D eigenvalue weighted by Gasteiger charge is 2.34. The van der Waals surface area contributed by atoms with Gasteiger partial charge < -0.3 is 20.1 Å². The molecule has 9 heteroatoms. The maximum Gasteiger partial charge on any atom is 0.318 e. The van der Waals surface area contributed by atoms with E-state index in [0.29, 0.717) is 37.3 Å². The standard InChI is InChI=1S/C17H22N6O3/c1-11(2)10-20-17(25)23-8-7-19-16(24)13(23)9-14-21-15(22-26-14)12-3-5-18-6-4-12/h3-6,11,13H,7-10H2,1-2H3,(H,19,24)(H,20,25). The molecule has 0 aromatic carbocycles. The molecule has 1 atom stereocenters. The molecule has 2 aromatic rings. The van der Waals surface area contributed by atoms with Gasteiger partial charge in [-0.3, -0.25) is 9.78 Å². The lowest BCUT2D eigenvalue weighted by Gasteiger charge is -2.34. The van der Waals surface area contributed by atoms with Gasteiger partial charge in [-0.05, 0) is 18.1 Å². The molecule has 0 saturated carbocycles. The summed E-state index contributed by atoms with van der Waals surface area (Å²) in [4.78, 5) is 34.5. The van der Waals surface area contributed by atoms with Crippen molar-refractivity contribution in [1.29, 1.82) is 0 Å². The summed E-state index contributed by atoms with van der Waals surface area (Å²) in [6, 6.07) is 2.61.